The molecule has 0 spiro atoms. The smallest absolute Gasteiger partial charge is 0.255 e. The van der Waals surface area contributed by atoms with Gasteiger partial charge < -0.3 is 14.5 Å². The summed E-state index contributed by atoms with van der Waals surface area (Å²) in [5.74, 6) is -0.00491. The number of nitrogens with zero attached hydrogens (tertiary/aromatic N) is 3. The van der Waals surface area contributed by atoms with Crippen LogP contribution in [0.15, 0.2) is 40.9 Å². The highest BCUT2D eigenvalue weighted by molar-refractivity contribution is 9.10. The Morgan fingerprint density at radius 2 is 1.92 bits per heavy atom. The number of amides is 1. The lowest BCUT2D eigenvalue weighted by Gasteiger charge is -2.24. The van der Waals surface area contributed by atoms with E-state index in [9.17, 15) is 4.79 Å². The van der Waals surface area contributed by atoms with E-state index in [0.717, 1.165) is 28.0 Å². The van der Waals surface area contributed by atoms with Crippen LogP contribution in [0.25, 0.3) is 11.3 Å². The van der Waals surface area contributed by atoms with Gasteiger partial charge in [0, 0.05) is 36.8 Å². The quantitative estimate of drug-likeness (QED) is 0.656. The van der Waals surface area contributed by atoms with Gasteiger partial charge in [-0.1, -0.05) is 28.1 Å². The SMILES string of the molecule is COCCN(CCN(C)C)C(=O)c1ccc(-c2cccc(Br)c2)nc1C. The molecule has 0 saturated heterocycles. The highest BCUT2D eigenvalue weighted by atomic mass is 79.9. The molecule has 0 bridgehead atoms. The van der Waals surface area contributed by atoms with Crippen molar-refractivity contribution in [2.24, 2.45) is 0 Å². The van der Waals surface area contributed by atoms with Gasteiger partial charge in [0.25, 0.3) is 5.91 Å². The van der Waals surface area contributed by atoms with E-state index < -0.39 is 0 Å². The maximum atomic E-state index is 13.0. The minimum absolute atomic E-state index is 0.00491. The summed E-state index contributed by atoms with van der Waals surface area (Å²) in [5, 5.41) is 0. The molecule has 0 fully saturated rings. The van der Waals surface area contributed by atoms with Gasteiger partial charge in [0.15, 0.2) is 0 Å². The van der Waals surface area contributed by atoms with Crippen LogP contribution in [0.3, 0.4) is 0 Å². The number of likely N-dealkylation sites (N-methyl/N-ethyl adjacent to an activating group) is 1. The molecule has 0 saturated carbocycles. The van der Waals surface area contributed by atoms with E-state index in [4.69, 9.17) is 4.74 Å². The molecule has 0 unspecified atom stereocenters. The van der Waals surface area contributed by atoms with Crippen LogP contribution < -0.4 is 0 Å². The third kappa shape index (κ3) is 5.62. The minimum atomic E-state index is -0.00491. The van der Waals surface area contributed by atoms with Gasteiger partial charge in [-0.05, 0) is 45.3 Å². The Hall–Kier alpha value is -1.76. The van der Waals surface area contributed by atoms with E-state index in [1.165, 1.54) is 0 Å². The zero-order valence-corrected chi connectivity index (χ0v) is 17.4. The lowest BCUT2D eigenvalue weighted by molar-refractivity contribution is 0.0682. The summed E-state index contributed by atoms with van der Waals surface area (Å²) < 4.78 is 6.16. The molecular weight excluding hydrogens is 394 g/mol. The number of ether oxygens (including phenoxy) is 1. The first-order chi connectivity index (χ1) is 12.4. The molecule has 0 N–H and O–H groups in total. The number of benzene rings is 1. The van der Waals surface area contributed by atoms with E-state index in [0.29, 0.717) is 25.3 Å². The van der Waals surface area contributed by atoms with Gasteiger partial charge in [0.2, 0.25) is 0 Å². The molecule has 2 aromatic rings. The number of rotatable bonds is 8. The van der Waals surface area contributed by atoms with Gasteiger partial charge in [-0.3, -0.25) is 9.78 Å². The van der Waals surface area contributed by atoms with Crippen molar-refractivity contribution < 1.29 is 9.53 Å². The molecule has 1 aromatic heterocycles. The van der Waals surface area contributed by atoms with Gasteiger partial charge >= 0.3 is 0 Å². The molecule has 0 radical (unpaired) electrons. The van der Waals surface area contributed by atoms with E-state index in [-0.39, 0.29) is 5.91 Å². The van der Waals surface area contributed by atoms with Crippen LogP contribution in [0.1, 0.15) is 16.1 Å². The number of aryl methyl sites for hydroxylation is 1. The molecule has 2 rings (SSSR count). The van der Waals surface area contributed by atoms with Crippen molar-refractivity contribution in [3.8, 4) is 11.3 Å². The predicted molar refractivity (Wildman–Crippen MR) is 108 cm³/mol. The Bertz CT molecular complexity index is 750. The van der Waals surface area contributed by atoms with Crippen molar-refractivity contribution in [3.05, 3.63) is 52.1 Å². The third-order valence-electron chi connectivity index (χ3n) is 4.11. The molecule has 140 valence electrons. The van der Waals surface area contributed by atoms with Gasteiger partial charge in [0.1, 0.15) is 0 Å². The Balaban J connectivity index is 2.23. The maximum Gasteiger partial charge on any atom is 0.255 e. The Labute approximate surface area is 164 Å². The summed E-state index contributed by atoms with van der Waals surface area (Å²) in [6, 6.07) is 11.8. The van der Waals surface area contributed by atoms with Crippen LogP contribution in [0.2, 0.25) is 0 Å². The highest BCUT2D eigenvalue weighted by Crippen LogP contribution is 2.23. The van der Waals surface area contributed by atoms with Crippen molar-refractivity contribution in [1.82, 2.24) is 14.8 Å². The van der Waals surface area contributed by atoms with Crippen LogP contribution in [-0.4, -0.2) is 68.1 Å². The molecule has 1 heterocycles. The number of carbonyl (C=O) groups excluding carboxylic acids is 1. The molecule has 26 heavy (non-hydrogen) atoms. The van der Waals surface area contributed by atoms with Crippen molar-refractivity contribution in [2.75, 3.05) is 47.4 Å². The first kappa shape index (κ1) is 20.6. The second-order valence-electron chi connectivity index (χ2n) is 6.43. The molecule has 6 heteroatoms. The summed E-state index contributed by atoms with van der Waals surface area (Å²) >= 11 is 3.48. The monoisotopic (exact) mass is 419 g/mol. The summed E-state index contributed by atoms with van der Waals surface area (Å²) in [5.41, 5.74) is 3.25. The molecule has 1 amide bonds. The molecule has 0 aliphatic carbocycles. The van der Waals surface area contributed by atoms with Crippen LogP contribution >= 0.6 is 15.9 Å². The van der Waals surface area contributed by atoms with Crippen LogP contribution in [0.4, 0.5) is 0 Å². The Kier molecular flexibility index (Phi) is 7.75. The average Bonchev–Trinajstić information content (AvgIpc) is 2.61. The average molecular weight is 420 g/mol. The first-order valence-electron chi connectivity index (χ1n) is 8.59. The number of methoxy groups -OCH3 is 1. The van der Waals surface area contributed by atoms with E-state index in [2.05, 4.69) is 25.8 Å². The second kappa shape index (κ2) is 9.80. The maximum absolute atomic E-state index is 13.0. The van der Waals surface area contributed by atoms with Crippen molar-refractivity contribution >= 4 is 21.8 Å². The predicted octanol–water partition coefficient (Wildman–Crippen LogP) is 3.47. The Morgan fingerprint density at radius 1 is 1.15 bits per heavy atom. The summed E-state index contributed by atoms with van der Waals surface area (Å²) in [7, 11) is 5.64. The third-order valence-corrected chi connectivity index (χ3v) is 4.60. The number of pyridine rings is 1. The van der Waals surface area contributed by atoms with Crippen molar-refractivity contribution in [1.29, 1.82) is 0 Å². The van der Waals surface area contributed by atoms with E-state index in [1.807, 2.05) is 62.3 Å². The van der Waals surface area contributed by atoms with Gasteiger partial charge in [-0.15, -0.1) is 0 Å². The number of halogens is 1. The number of carbonyl (C=O) groups is 1. The van der Waals surface area contributed by atoms with Crippen LogP contribution in [0.5, 0.6) is 0 Å². The molecule has 1 aromatic carbocycles. The summed E-state index contributed by atoms with van der Waals surface area (Å²) in [4.78, 5) is 21.5. The van der Waals surface area contributed by atoms with Crippen molar-refractivity contribution in [3.63, 3.8) is 0 Å². The minimum Gasteiger partial charge on any atom is -0.383 e. The van der Waals surface area contributed by atoms with Crippen LogP contribution in [0, 0.1) is 6.92 Å². The number of hydrogen-bond donors (Lipinski definition) is 0. The normalized spacial score (nSPS) is 11.0. The number of aromatic nitrogens is 1. The second-order valence-corrected chi connectivity index (χ2v) is 7.34. The van der Waals surface area contributed by atoms with Gasteiger partial charge in [-0.25, -0.2) is 0 Å². The fourth-order valence-corrected chi connectivity index (χ4v) is 3.00. The highest BCUT2D eigenvalue weighted by Gasteiger charge is 2.19. The summed E-state index contributed by atoms with van der Waals surface area (Å²) in [6.45, 7) is 4.42. The lowest BCUT2D eigenvalue weighted by Crippen LogP contribution is -2.39. The molecule has 0 atom stereocenters. The zero-order valence-electron chi connectivity index (χ0n) is 15.8. The molecular formula is C20H26BrN3O2. The van der Waals surface area contributed by atoms with Gasteiger partial charge in [-0.2, -0.15) is 0 Å². The van der Waals surface area contributed by atoms with E-state index >= 15 is 0 Å². The van der Waals surface area contributed by atoms with E-state index in [1.54, 1.807) is 7.11 Å². The fourth-order valence-electron chi connectivity index (χ4n) is 2.60. The van der Waals surface area contributed by atoms with Crippen molar-refractivity contribution in [2.45, 2.75) is 6.92 Å². The molecule has 5 nitrogen and oxygen atoms in total. The lowest BCUT2D eigenvalue weighted by atomic mass is 10.1. The summed E-state index contributed by atoms with van der Waals surface area (Å²) in [6.07, 6.45) is 0. The largest absolute Gasteiger partial charge is 0.383 e. The molecule has 0 aliphatic rings. The standard InChI is InChI=1S/C20H26BrN3O2/c1-15-18(20(25)24(12-13-26-4)11-10-23(2)3)8-9-19(22-15)16-6-5-7-17(21)14-16/h5-9,14H,10-13H2,1-4H3. The first-order valence-corrected chi connectivity index (χ1v) is 9.38. The zero-order chi connectivity index (χ0) is 19.1. The number of hydrogen-bond acceptors (Lipinski definition) is 4. The van der Waals surface area contributed by atoms with Gasteiger partial charge in [0.05, 0.1) is 23.6 Å². The van der Waals surface area contributed by atoms with Crippen LogP contribution in [-0.2, 0) is 4.74 Å². The molecule has 0 aliphatic heterocycles. The fraction of sp³-hybridized carbons (Fsp3) is 0.400. The topological polar surface area (TPSA) is 45.7 Å². The Morgan fingerprint density at radius 3 is 2.54 bits per heavy atom.